The number of esters is 1. The van der Waals surface area contributed by atoms with Gasteiger partial charge in [-0.3, -0.25) is 4.79 Å². The Balaban J connectivity index is 2.84. The predicted molar refractivity (Wildman–Crippen MR) is 67.9 cm³/mol. The third-order valence-electron chi connectivity index (χ3n) is 2.52. The molecule has 1 unspecified atom stereocenters. The van der Waals surface area contributed by atoms with Crippen LogP contribution in [-0.2, 0) is 16.0 Å². The van der Waals surface area contributed by atoms with E-state index in [0.29, 0.717) is 24.5 Å². The minimum atomic E-state index is -0.703. The van der Waals surface area contributed by atoms with Crippen LogP contribution in [0.15, 0.2) is 18.2 Å². The second kappa shape index (κ2) is 6.86. The number of ether oxygens (including phenoxy) is 3. The van der Waals surface area contributed by atoms with Crippen molar-refractivity contribution >= 4 is 5.97 Å². The lowest BCUT2D eigenvalue weighted by Crippen LogP contribution is -2.34. The molecule has 0 fully saturated rings. The minimum absolute atomic E-state index is 0.321. The zero-order chi connectivity index (χ0) is 13.5. The van der Waals surface area contributed by atoms with Crippen LogP contribution in [0.3, 0.4) is 0 Å². The third kappa shape index (κ3) is 3.63. The molecule has 1 rings (SSSR count). The van der Waals surface area contributed by atoms with E-state index in [4.69, 9.17) is 19.9 Å². The van der Waals surface area contributed by atoms with E-state index < -0.39 is 12.0 Å². The number of methoxy groups -OCH3 is 2. The van der Waals surface area contributed by atoms with Crippen molar-refractivity contribution in [1.29, 1.82) is 0 Å². The molecule has 1 atom stereocenters. The molecule has 5 nitrogen and oxygen atoms in total. The number of carbonyl (C=O) groups is 1. The summed E-state index contributed by atoms with van der Waals surface area (Å²) in [6.07, 6.45) is 0.346. The van der Waals surface area contributed by atoms with Crippen molar-refractivity contribution in [2.24, 2.45) is 5.73 Å². The summed E-state index contributed by atoms with van der Waals surface area (Å²) in [5, 5.41) is 0. The SMILES string of the molecule is CCOC(=O)C(N)Cc1cc(OC)ccc1OC. The van der Waals surface area contributed by atoms with Crippen LogP contribution in [0.2, 0.25) is 0 Å². The van der Waals surface area contributed by atoms with Crippen molar-refractivity contribution in [2.75, 3.05) is 20.8 Å². The molecule has 5 heteroatoms. The molecular weight excluding hydrogens is 234 g/mol. The van der Waals surface area contributed by atoms with Gasteiger partial charge in [-0.25, -0.2) is 0 Å². The maximum absolute atomic E-state index is 11.5. The first-order valence-corrected chi connectivity index (χ1v) is 5.75. The van der Waals surface area contributed by atoms with E-state index in [0.717, 1.165) is 5.56 Å². The number of rotatable bonds is 6. The first-order valence-electron chi connectivity index (χ1n) is 5.75. The maximum Gasteiger partial charge on any atom is 0.323 e. The smallest absolute Gasteiger partial charge is 0.323 e. The Morgan fingerprint density at radius 2 is 2.06 bits per heavy atom. The van der Waals surface area contributed by atoms with Gasteiger partial charge < -0.3 is 19.9 Å². The molecule has 0 radical (unpaired) electrons. The second-order valence-electron chi connectivity index (χ2n) is 3.74. The number of benzene rings is 1. The first kappa shape index (κ1) is 14.3. The summed E-state index contributed by atoms with van der Waals surface area (Å²) in [5.74, 6) is 0.958. The molecule has 0 aliphatic rings. The van der Waals surface area contributed by atoms with Crippen LogP contribution in [0, 0.1) is 0 Å². The van der Waals surface area contributed by atoms with Crippen LogP contribution in [0.5, 0.6) is 11.5 Å². The second-order valence-corrected chi connectivity index (χ2v) is 3.74. The van der Waals surface area contributed by atoms with Gasteiger partial charge in [0.25, 0.3) is 0 Å². The summed E-state index contributed by atoms with van der Waals surface area (Å²) >= 11 is 0. The molecule has 0 spiro atoms. The van der Waals surface area contributed by atoms with Gasteiger partial charge in [0.15, 0.2) is 0 Å². The van der Waals surface area contributed by atoms with Crippen molar-refractivity contribution in [3.63, 3.8) is 0 Å². The maximum atomic E-state index is 11.5. The zero-order valence-corrected chi connectivity index (χ0v) is 10.9. The molecule has 0 saturated carbocycles. The average molecular weight is 253 g/mol. The van der Waals surface area contributed by atoms with Crippen LogP contribution in [0.4, 0.5) is 0 Å². The Kier molecular flexibility index (Phi) is 5.45. The largest absolute Gasteiger partial charge is 0.497 e. The fourth-order valence-corrected chi connectivity index (χ4v) is 1.61. The number of carbonyl (C=O) groups excluding carboxylic acids is 1. The zero-order valence-electron chi connectivity index (χ0n) is 10.9. The number of hydrogen-bond donors (Lipinski definition) is 1. The van der Waals surface area contributed by atoms with Gasteiger partial charge >= 0.3 is 5.97 Å². The van der Waals surface area contributed by atoms with Gasteiger partial charge in [-0.15, -0.1) is 0 Å². The van der Waals surface area contributed by atoms with Crippen molar-refractivity contribution in [1.82, 2.24) is 0 Å². The molecule has 0 aliphatic heterocycles. The van der Waals surface area contributed by atoms with Crippen molar-refractivity contribution in [3.8, 4) is 11.5 Å². The number of nitrogens with two attached hydrogens (primary N) is 1. The quantitative estimate of drug-likeness (QED) is 0.770. The normalized spacial score (nSPS) is 11.8. The molecule has 1 aromatic rings. The van der Waals surface area contributed by atoms with Crippen LogP contribution < -0.4 is 15.2 Å². The lowest BCUT2D eigenvalue weighted by Gasteiger charge is -2.14. The van der Waals surface area contributed by atoms with E-state index in [1.165, 1.54) is 0 Å². The highest BCUT2D eigenvalue weighted by Crippen LogP contribution is 2.25. The van der Waals surface area contributed by atoms with Gasteiger partial charge in [0.05, 0.1) is 20.8 Å². The standard InChI is InChI=1S/C13H19NO4/c1-4-18-13(15)11(14)8-9-7-10(16-2)5-6-12(9)17-3/h5-7,11H,4,8,14H2,1-3H3. The van der Waals surface area contributed by atoms with Crippen molar-refractivity contribution in [2.45, 2.75) is 19.4 Å². The molecule has 100 valence electrons. The Bertz CT molecular complexity index is 406. The highest BCUT2D eigenvalue weighted by atomic mass is 16.5. The Labute approximate surface area is 107 Å². The van der Waals surface area contributed by atoms with Gasteiger partial charge in [0, 0.05) is 6.42 Å². The van der Waals surface area contributed by atoms with Gasteiger partial charge in [-0.1, -0.05) is 0 Å². The minimum Gasteiger partial charge on any atom is -0.497 e. The van der Waals surface area contributed by atoms with Crippen molar-refractivity contribution in [3.05, 3.63) is 23.8 Å². The van der Waals surface area contributed by atoms with E-state index in [2.05, 4.69) is 0 Å². The molecule has 0 bridgehead atoms. The molecule has 0 aliphatic carbocycles. The molecule has 18 heavy (non-hydrogen) atoms. The monoisotopic (exact) mass is 253 g/mol. The predicted octanol–water partition coefficient (Wildman–Crippen LogP) is 1.14. The highest BCUT2D eigenvalue weighted by molar-refractivity contribution is 5.76. The molecular formula is C13H19NO4. The first-order chi connectivity index (χ1) is 8.62. The number of hydrogen-bond acceptors (Lipinski definition) is 5. The van der Waals surface area contributed by atoms with E-state index in [1.807, 2.05) is 0 Å². The lowest BCUT2D eigenvalue weighted by atomic mass is 10.1. The van der Waals surface area contributed by atoms with Gasteiger partial charge in [0.1, 0.15) is 17.5 Å². The van der Waals surface area contributed by atoms with Gasteiger partial charge in [-0.05, 0) is 30.7 Å². The fourth-order valence-electron chi connectivity index (χ4n) is 1.61. The summed E-state index contributed by atoms with van der Waals surface area (Å²) in [6, 6.07) is 4.67. The van der Waals surface area contributed by atoms with E-state index in [9.17, 15) is 4.79 Å². The van der Waals surface area contributed by atoms with Gasteiger partial charge in [-0.2, -0.15) is 0 Å². The summed E-state index contributed by atoms with van der Waals surface area (Å²) in [6.45, 7) is 2.07. The fraction of sp³-hybridized carbons (Fsp3) is 0.462. The Hall–Kier alpha value is -1.75. The van der Waals surface area contributed by atoms with Crippen molar-refractivity contribution < 1.29 is 19.0 Å². The van der Waals surface area contributed by atoms with Crippen LogP contribution >= 0.6 is 0 Å². The average Bonchev–Trinajstić information content (AvgIpc) is 2.38. The van der Waals surface area contributed by atoms with Crippen LogP contribution in [0.1, 0.15) is 12.5 Å². The van der Waals surface area contributed by atoms with Crippen LogP contribution in [0.25, 0.3) is 0 Å². The summed E-state index contributed by atoms with van der Waals surface area (Å²) < 4.78 is 15.2. The topological polar surface area (TPSA) is 70.8 Å². The Morgan fingerprint density at radius 1 is 1.33 bits per heavy atom. The summed E-state index contributed by atoms with van der Waals surface area (Å²) in [7, 11) is 3.15. The van der Waals surface area contributed by atoms with Gasteiger partial charge in [0.2, 0.25) is 0 Å². The molecule has 0 heterocycles. The lowest BCUT2D eigenvalue weighted by molar-refractivity contribution is -0.144. The Morgan fingerprint density at radius 3 is 2.61 bits per heavy atom. The summed E-state index contributed by atoms with van der Waals surface area (Å²) in [4.78, 5) is 11.5. The van der Waals surface area contributed by atoms with E-state index in [-0.39, 0.29) is 0 Å². The van der Waals surface area contributed by atoms with E-state index >= 15 is 0 Å². The third-order valence-corrected chi connectivity index (χ3v) is 2.52. The molecule has 2 N–H and O–H groups in total. The van der Waals surface area contributed by atoms with Crippen LogP contribution in [-0.4, -0.2) is 32.8 Å². The molecule has 1 aromatic carbocycles. The molecule has 0 saturated heterocycles. The highest BCUT2D eigenvalue weighted by Gasteiger charge is 2.17. The molecule has 0 aromatic heterocycles. The van der Waals surface area contributed by atoms with E-state index in [1.54, 1.807) is 39.3 Å². The summed E-state index contributed by atoms with van der Waals surface area (Å²) in [5.41, 5.74) is 6.60. The molecule has 0 amide bonds.